The second-order valence-corrected chi connectivity index (χ2v) is 9.47. The molecular weight excluding hydrogens is 496 g/mol. The molecule has 0 spiro atoms. The van der Waals surface area contributed by atoms with Crippen molar-refractivity contribution in [2.24, 2.45) is 0 Å². The van der Waals surface area contributed by atoms with Crippen LogP contribution in [0.15, 0.2) is 36.4 Å². The topological polar surface area (TPSA) is 129 Å². The quantitative estimate of drug-likeness (QED) is 0.244. The van der Waals surface area contributed by atoms with Crippen LogP contribution < -0.4 is 5.32 Å². The molecule has 2 N–H and O–H groups in total. The number of unbranched alkanes of at least 4 members (excludes halogenated alkanes) is 1. The van der Waals surface area contributed by atoms with Crippen molar-refractivity contribution >= 4 is 41.2 Å². The summed E-state index contributed by atoms with van der Waals surface area (Å²) < 4.78 is 4.93. The minimum Gasteiger partial charge on any atom is -0.481 e. The van der Waals surface area contributed by atoms with E-state index in [9.17, 15) is 19.2 Å². The van der Waals surface area contributed by atoms with E-state index < -0.39 is 17.8 Å². The van der Waals surface area contributed by atoms with Gasteiger partial charge in [0.2, 0.25) is 5.91 Å². The number of carboxylic acids is 1. The number of esters is 1. The molecule has 2 heterocycles. The second-order valence-electron chi connectivity index (χ2n) is 8.44. The summed E-state index contributed by atoms with van der Waals surface area (Å²) >= 11 is 1.27. The summed E-state index contributed by atoms with van der Waals surface area (Å²) in [7, 11) is 0. The van der Waals surface area contributed by atoms with Gasteiger partial charge in [-0.1, -0.05) is 30.3 Å². The molecule has 1 aromatic carbocycles. The van der Waals surface area contributed by atoms with Crippen LogP contribution in [0.1, 0.15) is 41.6 Å². The Morgan fingerprint density at radius 1 is 1.11 bits per heavy atom. The van der Waals surface area contributed by atoms with Crippen molar-refractivity contribution in [3.8, 4) is 10.6 Å². The number of thiazole rings is 1. The van der Waals surface area contributed by atoms with Crippen LogP contribution in [0, 0.1) is 0 Å². The van der Waals surface area contributed by atoms with Crippen LogP contribution in [-0.4, -0.2) is 89.5 Å². The van der Waals surface area contributed by atoms with Crippen molar-refractivity contribution < 1.29 is 29.0 Å². The SMILES string of the molecule is CCOC(=O)/C=C/c1sc(-c2ccccc2)nc1C(=O)NCC(=O)N1CCN(CCCCC(=O)O)CC1. The average molecular weight is 529 g/mol. The summed E-state index contributed by atoms with van der Waals surface area (Å²) in [5.41, 5.74) is 0.984. The molecule has 1 fully saturated rings. The number of carboxylic acid groups (broad SMARTS) is 1. The number of carbonyl (C=O) groups excluding carboxylic acids is 3. The zero-order valence-corrected chi connectivity index (χ0v) is 21.7. The second kappa shape index (κ2) is 14.2. The number of hydrogen-bond acceptors (Lipinski definition) is 8. The Bertz CT molecular complexity index is 1110. The van der Waals surface area contributed by atoms with Gasteiger partial charge in [-0.05, 0) is 32.4 Å². The Kier molecular flexibility index (Phi) is 10.8. The number of amides is 2. The first-order valence-electron chi connectivity index (χ1n) is 12.3. The van der Waals surface area contributed by atoms with Crippen LogP contribution in [0.3, 0.4) is 0 Å². The van der Waals surface area contributed by atoms with Gasteiger partial charge in [-0.2, -0.15) is 0 Å². The highest BCUT2D eigenvalue weighted by Crippen LogP contribution is 2.29. The van der Waals surface area contributed by atoms with Crippen LogP contribution in [-0.2, 0) is 19.1 Å². The van der Waals surface area contributed by atoms with Crippen LogP contribution in [0.2, 0.25) is 0 Å². The number of hydrogen-bond donors (Lipinski definition) is 2. The highest BCUT2D eigenvalue weighted by atomic mass is 32.1. The number of carbonyl (C=O) groups is 4. The lowest BCUT2D eigenvalue weighted by atomic mass is 10.2. The number of rotatable bonds is 12. The summed E-state index contributed by atoms with van der Waals surface area (Å²) in [6, 6.07) is 9.40. The fraction of sp³-hybridized carbons (Fsp3) is 0.423. The summed E-state index contributed by atoms with van der Waals surface area (Å²) in [5, 5.41) is 12.0. The Morgan fingerprint density at radius 3 is 2.51 bits per heavy atom. The number of aliphatic carboxylic acids is 1. The highest BCUT2D eigenvalue weighted by Gasteiger charge is 2.23. The van der Waals surface area contributed by atoms with Gasteiger partial charge in [0.1, 0.15) is 10.7 Å². The van der Waals surface area contributed by atoms with Crippen molar-refractivity contribution in [2.45, 2.75) is 26.2 Å². The molecule has 37 heavy (non-hydrogen) atoms. The molecular formula is C26H32N4O6S. The molecule has 0 aliphatic carbocycles. The van der Waals surface area contributed by atoms with Crippen molar-refractivity contribution in [2.75, 3.05) is 45.9 Å². The molecule has 2 aromatic rings. The molecule has 1 aromatic heterocycles. The smallest absolute Gasteiger partial charge is 0.330 e. The Balaban J connectivity index is 1.56. The molecule has 10 nitrogen and oxygen atoms in total. The fourth-order valence-electron chi connectivity index (χ4n) is 3.83. The molecule has 0 bridgehead atoms. The number of benzene rings is 1. The van der Waals surface area contributed by atoms with Gasteiger partial charge in [0.15, 0.2) is 0 Å². The van der Waals surface area contributed by atoms with E-state index in [0.717, 1.165) is 18.5 Å². The third kappa shape index (κ3) is 8.80. The van der Waals surface area contributed by atoms with E-state index in [2.05, 4.69) is 15.2 Å². The van der Waals surface area contributed by atoms with Crippen molar-refractivity contribution in [3.05, 3.63) is 47.0 Å². The first-order chi connectivity index (χ1) is 17.9. The third-order valence-electron chi connectivity index (χ3n) is 5.79. The Morgan fingerprint density at radius 2 is 1.84 bits per heavy atom. The lowest BCUT2D eigenvalue weighted by Gasteiger charge is -2.34. The van der Waals surface area contributed by atoms with Crippen LogP contribution >= 0.6 is 11.3 Å². The Labute approximate surface area is 219 Å². The van der Waals surface area contributed by atoms with Crippen molar-refractivity contribution in [1.82, 2.24) is 20.1 Å². The van der Waals surface area contributed by atoms with Gasteiger partial charge in [0, 0.05) is 44.2 Å². The molecule has 0 radical (unpaired) electrons. The van der Waals surface area contributed by atoms with Crippen LogP contribution in [0.25, 0.3) is 16.6 Å². The fourth-order valence-corrected chi connectivity index (χ4v) is 4.80. The molecule has 1 saturated heterocycles. The number of aromatic nitrogens is 1. The van der Waals surface area contributed by atoms with Crippen molar-refractivity contribution in [3.63, 3.8) is 0 Å². The first kappa shape index (κ1) is 28.0. The monoisotopic (exact) mass is 528 g/mol. The summed E-state index contributed by atoms with van der Waals surface area (Å²) in [6.45, 7) is 5.13. The number of nitrogens with zero attached hydrogens (tertiary/aromatic N) is 3. The number of piperazine rings is 1. The minimum absolute atomic E-state index is 0.142. The lowest BCUT2D eigenvalue weighted by molar-refractivity contribution is -0.138. The zero-order valence-electron chi connectivity index (χ0n) is 20.9. The van der Waals surface area contributed by atoms with Gasteiger partial charge < -0.3 is 20.1 Å². The van der Waals surface area contributed by atoms with E-state index in [0.29, 0.717) is 42.5 Å². The van der Waals surface area contributed by atoms with Gasteiger partial charge in [-0.3, -0.25) is 19.3 Å². The molecule has 2 amide bonds. The van der Waals surface area contributed by atoms with E-state index in [-0.39, 0.29) is 31.2 Å². The van der Waals surface area contributed by atoms with Gasteiger partial charge in [-0.25, -0.2) is 9.78 Å². The maximum absolute atomic E-state index is 13.0. The zero-order chi connectivity index (χ0) is 26.6. The summed E-state index contributed by atoms with van der Waals surface area (Å²) in [6.07, 6.45) is 4.38. The molecule has 3 rings (SSSR count). The number of ether oxygens (including phenoxy) is 1. The third-order valence-corrected chi connectivity index (χ3v) is 6.86. The highest BCUT2D eigenvalue weighted by molar-refractivity contribution is 7.16. The molecule has 11 heteroatoms. The normalized spacial score (nSPS) is 14.0. The molecule has 0 saturated carbocycles. The maximum Gasteiger partial charge on any atom is 0.330 e. The predicted octanol–water partition coefficient (Wildman–Crippen LogP) is 2.52. The van der Waals surface area contributed by atoms with Gasteiger partial charge in [0.05, 0.1) is 18.0 Å². The first-order valence-corrected chi connectivity index (χ1v) is 13.1. The number of nitrogens with one attached hydrogen (secondary N) is 1. The maximum atomic E-state index is 13.0. The molecule has 1 aliphatic heterocycles. The van der Waals surface area contributed by atoms with Crippen LogP contribution in [0.5, 0.6) is 0 Å². The van der Waals surface area contributed by atoms with Gasteiger partial charge >= 0.3 is 11.9 Å². The predicted molar refractivity (Wildman–Crippen MR) is 140 cm³/mol. The van der Waals surface area contributed by atoms with E-state index in [4.69, 9.17) is 9.84 Å². The molecule has 198 valence electrons. The van der Waals surface area contributed by atoms with Crippen molar-refractivity contribution in [1.29, 1.82) is 0 Å². The molecule has 0 unspecified atom stereocenters. The van der Waals surface area contributed by atoms with Gasteiger partial charge in [-0.15, -0.1) is 11.3 Å². The van der Waals surface area contributed by atoms with Crippen LogP contribution in [0.4, 0.5) is 0 Å². The molecule has 0 atom stereocenters. The minimum atomic E-state index is -0.784. The molecule has 1 aliphatic rings. The van der Waals surface area contributed by atoms with E-state index in [1.165, 1.54) is 23.5 Å². The summed E-state index contributed by atoms with van der Waals surface area (Å²) in [5.74, 6) is -1.97. The standard InChI is InChI=1S/C26H32N4O6S/c1-2-36-23(34)12-11-20-24(28-26(37-20)19-8-4-3-5-9-19)25(35)27-18-21(31)30-16-14-29(15-17-30)13-7-6-10-22(32)33/h3-5,8-9,11-12H,2,6-7,10,13-18H2,1H3,(H,27,35)(H,32,33)/b12-11+. The Hall–Kier alpha value is -3.57. The van der Waals surface area contributed by atoms with Gasteiger partial charge in [0.25, 0.3) is 5.91 Å². The largest absolute Gasteiger partial charge is 0.481 e. The average Bonchev–Trinajstić information content (AvgIpc) is 3.34. The lowest BCUT2D eigenvalue weighted by Crippen LogP contribution is -2.51. The van der Waals surface area contributed by atoms with E-state index >= 15 is 0 Å². The van der Waals surface area contributed by atoms with E-state index in [1.54, 1.807) is 11.8 Å². The summed E-state index contributed by atoms with van der Waals surface area (Å²) in [4.78, 5) is 57.0. The van der Waals surface area contributed by atoms with E-state index in [1.807, 2.05) is 30.3 Å².